The lowest BCUT2D eigenvalue weighted by atomic mass is 10.1. The van der Waals surface area contributed by atoms with Crippen molar-refractivity contribution in [1.29, 1.82) is 0 Å². The number of aromatic nitrogens is 2. The van der Waals surface area contributed by atoms with Crippen molar-refractivity contribution < 1.29 is 4.42 Å². The molecule has 0 radical (unpaired) electrons. The van der Waals surface area contributed by atoms with Crippen molar-refractivity contribution in [2.75, 3.05) is 0 Å². The molecule has 0 aliphatic carbocycles. The van der Waals surface area contributed by atoms with E-state index in [9.17, 15) is 0 Å². The van der Waals surface area contributed by atoms with E-state index in [1.165, 1.54) is 17.3 Å². The molecule has 0 aliphatic heterocycles. The van der Waals surface area contributed by atoms with Gasteiger partial charge in [0.2, 0.25) is 5.89 Å². The van der Waals surface area contributed by atoms with Gasteiger partial charge in [-0.25, -0.2) is 0 Å². The Bertz CT molecular complexity index is 700. The highest BCUT2D eigenvalue weighted by molar-refractivity contribution is 7.98. The molecule has 2 N–H and O–H groups in total. The quantitative estimate of drug-likeness (QED) is 0.705. The lowest BCUT2D eigenvalue weighted by Gasteiger charge is -2.06. The van der Waals surface area contributed by atoms with Crippen molar-refractivity contribution in [1.82, 2.24) is 10.2 Å². The maximum Gasteiger partial charge on any atom is 0.276 e. The highest BCUT2D eigenvalue weighted by atomic mass is 32.2. The van der Waals surface area contributed by atoms with Crippen LogP contribution < -0.4 is 5.73 Å². The van der Waals surface area contributed by atoms with E-state index in [1.54, 1.807) is 0 Å². The first kappa shape index (κ1) is 14.8. The molecule has 0 saturated heterocycles. The van der Waals surface area contributed by atoms with Crippen LogP contribution in [0.3, 0.4) is 0 Å². The number of nitrogens with two attached hydrogens (primary N) is 1. The molecule has 0 amide bonds. The molecule has 4 nitrogen and oxygen atoms in total. The second-order valence-corrected chi connectivity index (χ2v) is 5.90. The number of benzene rings is 2. The Morgan fingerprint density at radius 3 is 2.23 bits per heavy atom. The average Bonchev–Trinajstić information content (AvgIpc) is 3.04. The maximum absolute atomic E-state index is 6.14. The van der Waals surface area contributed by atoms with Gasteiger partial charge in [-0.05, 0) is 17.5 Å². The summed E-state index contributed by atoms with van der Waals surface area (Å²) in [5.41, 5.74) is 8.52. The van der Waals surface area contributed by atoms with Crippen LogP contribution in [0.15, 0.2) is 70.3 Å². The van der Waals surface area contributed by atoms with Crippen LogP contribution in [0.2, 0.25) is 0 Å². The first-order valence-corrected chi connectivity index (χ1v) is 8.09. The first-order valence-electron chi connectivity index (χ1n) is 7.11. The summed E-state index contributed by atoms with van der Waals surface area (Å²) in [4.78, 5) is 0. The molecule has 1 heterocycles. The Labute approximate surface area is 133 Å². The zero-order valence-corrected chi connectivity index (χ0v) is 12.9. The van der Waals surface area contributed by atoms with Crippen LogP contribution in [0.1, 0.15) is 23.1 Å². The molecule has 2 aromatic carbocycles. The van der Waals surface area contributed by atoms with Crippen molar-refractivity contribution in [2.24, 2.45) is 5.73 Å². The Morgan fingerprint density at radius 2 is 1.55 bits per heavy atom. The summed E-state index contributed by atoms with van der Waals surface area (Å²) in [6.07, 6.45) is 0.686. The molecular formula is C17H17N3OS. The van der Waals surface area contributed by atoms with Gasteiger partial charge in [0.1, 0.15) is 0 Å². The summed E-state index contributed by atoms with van der Waals surface area (Å²) in [5, 5.41) is 8.68. The van der Waals surface area contributed by atoms with Crippen LogP contribution in [0.4, 0.5) is 0 Å². The highest BCUT2D eigenvalue weighted by Crippen LogP contribution is 2.23. The third kappa shape index (κ3) is 3.96. The largest absolute Gasteiger partial charge is 0.414 e. The molecule has 1 atom stereocenters. The molecule has 3 aromatic rings. The summed E-state index contributed by atoms with van der Waals surface area (Å²) < 4.78 is 5.66. The standard InChI is InChI=1S/C17H17N3OS/c18-15(11-13-7-3-1-4-8-13)16-19-20-17(21-16)22-12-14-9-5-2-6-10-14/h1-10,15H,11-12,18H2/t15-/m0/s1. The van der Waals surface area contributed by atoms with Gasteiger partial charge in [0, 0.05) is 5.75 Å². The third-order valence-corrected chi connectivity index (χ3v) is 4.13. The highest BCUT2D eigenvalue weighted by Gasteiger charge is 2.15. The van der Waals surface area contributed by atoms with Crippen molar-refractivity contribution in [2.45, 2.75) is 23.4 Å². The van der Waals surface area contributed by atoms with Gasteiger partial charge in [-0.1, -0.05) is 72.4 Å². The monoisotopic (exact) mass is 311 g/mol. The molecule has 112 valence electrons. The van der Waals surface area contributed by atoms with Gasteiger partial charge < -0.3 is 10.2 Å². The molecule has 0 unspecified atom stereocenters. The summed E-state index contributed by atoms with van der Waals surface area (Å²) in [5.74, 6) is 1.29. The topological polar surface area (TPSA) is 64.9 Å². The predicted molar refractivity (Wildman–Crippen MR) is 87.4 cm³/mol. The number of nitrogens with zero attached hydrogens (tertiary/aromatic N) is 2. The van der Waals surface area contributed by atoms with Gasteiger partial charge in [-0.3, -0.25) is 0 Å². The average molecular weight is 311 g/mol. The summed E-state index contributed by atoms with van der Waals surface area (Å²) in [6, 6.07) is 20.0. The zero-order chi connectivity index (χ0) is 15.2. The third-order valence-electron chi connectivity index (χ3n) is 3.24. The second-order valence-electron chi connectivity index (χ2n) is 4.98. The number of rotatable bonds is 6. The molecule has 0 spiro atoms. The minimum Gasteiger partial charge on any atom is -0.414 e. The van der Waals surface area contributed by atoms with Crippen molar-refractivity contribution >= 4 is 11.8 Å². The molecule has 0 aliphatic rings. The molecule has 0 bridgehead atoms. The van der Waals surface area contributed by atoms with Crippen molar-refractivity contribution in [3.63, 3.8) is 0 Å². The summed E-state index contributed by atoms with van der Waals surface area (Å²) in [7, 11) is 0. The molecular weight excluding hydrogens is 294 g/mol. The lowest BCUT2D eigenvalue weighted by Crippen LogP contribution is -2.13. The van der Waals surface area contributed by atoms with E-state index in [1.807, 2.05) is 48.5 Å². The second kappa shape index (κ2) is 7.24. The van der Waals surface area contributed by atoms with E-state index in [2.05, 4.69) is 22.3 Å². The van der Waals surface area contributed by atoms with Gasteiger partial charge in [-0.15, -0.1) is 10.2 Å². The SMILES string of the molecule is N[C@@H](Cc1ccccc1)c1nnc(SCc2ccccc2)o1. The fourth-order valence-electron chi connectivity index (χ4n) is 2.10. The molecule has 5 heteroatoms. The van der Waals surface area contributed by atoms with Crippen molar-refractivity contribution in [3.8, 4) is 0 Å². The molecule has 22 heavy (non-hydrogen) atoms. The van der Waals surface area contributed by atoms with Gasteiger partial charge in [0.05, 0.1) is 6.04 Å². The number of hydrogen-bond acceptors (Lipinski definition) is 5. The van der Waals surface area contributed by atoms with Gasteiger partial charge in [-0.2, -0.15) is 0 Å². The Kier molecular flexibility index (Phi) is 4.88. The predicted octanol–water partition coefficient (Wildman–Crippen LogP) is 3.60. The summed E-state index contributed by atoms with van der Waals surface area (Å²) in [6.45, 7) is 0. The van der Waals surface area contributed by atoms with E-state index in [-0.39, 0.29) is 6.04 Å². The first-order chi connectivity index (χ1) is 10.8. The Morgan fingerprint density at radius 1 is 0.909 bits per heavy atom. The van der Waals surface area contributed by atoms with Gasteiger partial charge in [0.25, 0.3) is 5.22 Å². The van der Waals surface area contributed by atoms with Crippen LogP contribution in [0.5, 0.6) is 0 Å². The van der Waals surface area contributed by atoms with Gasteiger partial charge >= 0.3 is 0 Å². The number of hydrogen-bond donors (Lipinski definition) is 1. The lowest BCUT2D eigenvalue weighted by molar-refractivity contribution is 0.385. The van der Waals surface area contributed by atoms with Crippen LogP contribution in [0.25, 0.3) is 0 Å². The number of thioether (sulfide) groups is 1. The molecule has 0 fully saturated rings. The zero-order valence-electron chi connectivity index (χ0n) is 12.1. The minimum atomic E-state index is -0.277. The van der Waals surface area contributed by atoms with Gasteiger partial charge in [0.15, 0.2) is 0 Å². The Hall–Kier alpha value is -2.11. The fourth-order valence-corrected chi connectivity index (χ4v) is 2.83. The Balaban J connectivity index is 1.58. The van der Waals surface area contributed by atoms with Crippen LogP contribution in [0, 0.1) is 0 Å². The normalized spacial score (nSPS) is 12.2. The van der Waals surface area contributed by atoms with E-state index in [0.717, 1.165) is 11.3 Å². The van der Waals surface area contributed by atoms with Crippen LogP contribution in [-0.4, -0.2) is 10.2 Å². The molecule has 0 saturated carbocycles. The minimum absolute atomic E-state index is 0.277. The maximum atomic E-state index is 6.14. The van der Waals surface area contributed by atoms with Crippen LogP contribution in [-0.2, 0) is 12.2 Å². The van der Waals surface area contributed by atoms with E-state index in [4.69, 9.17) is 10.2 Å². The molecule has 3 rings (SSSR count). The van der Waals surface area contributed by atoms with E-state index in [0.29, 0.717) is 17.5 Å². The van der Waals surface area contributed by atoms with Crippen LogP contribution >= 0.6 is 11.8 Å². The fraction of sp³-hybridized carbons (Fsp3) is 0.176. The smallest absolute Gasteiger partial charge is 0.276 e. The van der Waals surface area contributed by atoms with Crippen molar-refractivity contribution in [3.05, 3.63) is 77.7 Å². The van der Waals surface area contributed by atoms with E-state index >= 15 is 0 Å². The van der Waals surface area contributed by atoms with E-state index < -0.39 is 0 Å². The summed E-state index contributed by atoms with van der Waals surface area (Å²) >= 11 is 1.52. The molecule has 1 aromatic heterocycles.